The maximum absolute atomic E-state index is 11.4. The van der Waals surface area contributed by atoms with Gasteiger partial charge in [-0.2, -0.15) is 0 Å². The zero-order chi connectivity index (χ0) is 8.39. The smallest absolute Gasteiger partial charge is 0.166 e. The zero-order valence-corrected chi connectivity index (χ0v) is 6.71. The number of carbonyl (C=O) groups excluding carboxylic acids is 1. The molecule has 0 amide bonds. The van der Waals surface area contributed by atoms with E-state index in [-0.39, 0.29) is 5.78 Å². The first-order chi connectivity index (χ1) is 5.88. The third kappa shape index (κ3) is 1.18. The van der Waals surface area contributed by atoms with Crippen molar-refractivity contribution in [3.05, 3.63) is 23.9 Å². The van der Waals surface area contributed by atoms with Crippen LogP contribution in [0.15, 0.2) is 18.3 Å². The molecule has 0 saturated heterocycles. The number of nitrogens with zero attached hydrogens (tertiary/aromatic N) is 1. The Morgan fingerprint density at radius 2 is 2.42 bits per heavy atom. The number of carbonyl (C=O) groups is 1. The molecule has 1 aliphatic heterocycles. The standard InChI is InChI=1S/C9H10N2O/c12-8-4-2-6-11-9-7(8)3-1-5-10-9/h1,3,5H,2,4,6H2,(H,10,11). The number of hydrogen-bond donors (Lipinski definition) is 1. The lowest BCUT2D eigenvalue weighted by molar-refractivity contribution is 0.0983. The number of ketones is 1. The third-order valence-electron chi connectivity index (χ3n) is 1.98. The van der Waals surface area contributed by atoms with Gasteiger partial charge in [0.25, 0.3) is 0 Å². The van der Waals surface area contributed by atoms with Crippen molar-refractivity contribution in [3.63, 3.8) is 0 Å². The summed E-state index contributed by atoms with van der Waals surface area (Å²) in [6.45, 7) is 0.843. The van der Waals surface area contributed by atoms with Gasteiger partial charge in [0.05, 0.1) is 5.56 Å². The van der Waals surface area contributed by atoms with Gasteiger partial charge < -0.3 is 5.32 Å². The predicted octanol–water partition coefficient (Wildman–Crippen LogP) is 1.47. The molecular weight excluding hydrogens is 152 g/mol. The lowest BCUT2D eigenvalue weighted by atomic mass is 10.1. The maximum atomic E-state index is 11.4. The van der Waals surface area contributed by atoms with Crippen molar-refractivity contribution < 1.29 is 4.79 Å². The van der Waals surface area contributed by atoms with Crippen LogP contribution in [0, 0.1) is 0 Å². The van der Waals surface area contributed by atoms with Crippen LogP contribution in [0.3, 0.4) is 0 Å². The van der Waals surface area contributed by atoms with Crippen LogP contribution in [0.4, 0.5) is 5.82 Å². The van der Waals surface area contributed by atoms with E-state index in [9.17, 15) is 4.79 Å². The Bertz CT molecular complexity index is 309. The minimum atomic E-state index is 0.197. The first kappa shape index (κ1) is 7.28. The van der Waals surface area contributed by atoms with Crippen LogP contribution in [0.25, 0.3) is 0 Å². The molecule has 1 aliphatic rings. The predicted molar refractivity (Wildman–Crippen MR) is 46.3 cm³/mol. The fourth-order valence-electron chi connectivity index (χ4n) is 1.36. The number of nitrogens with one attached hydrogen (secondary N) is 1. The normalized spacial score (nSPS) is 16.2. The SMILES string of the molecule is O=C1CCCNc2ncccc21. The first-order valence-electron chi connectivity index (χ1n) is 4.10. The van der Waals surface area contributed by atoms with Crippen molar-refractivity contribution in [3.8, 4) is 0 Å². The number of hydrogen-bond acceptors (Lipinski definition) is 3. The third-order valence-corrected chi connectivity index (χ3v) is 1.98. The summed E-state index contributed by atoms with van der Waals surface area (Å²) in [5.41, 5.74) is 0.731. The van der Waals surface area contributed by atoms with Crippen LogP contribution in [0.2, 0.25) is 0 Å². The Morgan fingerprint density at radius 1 is 1.50 bits per heavy atom. The van der Waals surface area contributed by atoms with Crippen molar-refractivity contribution in [2.24, 2.45) is 0 Å². The summed E-state index contributed by atoms with van der Waals surface area (Å²) in [5.74, 6) is 0.933. The van der Waals surface area contributed by atoms with Gasteiger partial charge in [0.1, 0.15) is 5.82 Å². The summed E-state index contributed by atoms with van der Waals surface area (Å²) in [4.78, 5) is 15.5. The van der Waals surface area contributed by atoms with Crippen LogP contribution in [-0.4, -0.2) is 17.3 Å². The highest BCUT2D eigenvalue weighted by Gasteiger charge is 2.14. The second kappa shape index (κ2) is 2.93. The number of aromatic nitrogens is 1. The van der Waals surface area contributed by atoms with Crippen LogP contribution in [0.5, 0.6) is 0 Å². The van der Waals surface area contributed by atoms with E-state index < -0.39 is 0 Å². The van der Waals surface area contributed by atoms with E-state index in [0.717, 1.165) is 24.3 Å². The summed E-state index contributed by atoms with van der Waals surface area (Å²) in [7, 11) is 0. The summed E-state index contributed by atoms with van der Waals surface area (Å²) >= 11 is 0. The average Bonchev–Trinajstić information content (AvgIpc) is 2.29. The monoisotopic (exact) mass is 162 g/mol. The van der Waals surface area contributed by atoms with E-state index in [0.29, 0.717) is 6.42 Å². The fourth-order valence-corrected chi connectivity index (χ4v) is 1.36. The number of Topliss-reactive ketones (excluding diaryl/α,β-unsaturated/α-hetero) is 1. The lowest BCUT2D eigenvalue weighted by Gasteiger charge is -2.02. The number of anilines is 1. The molecule has 0 unspecified atom stereocenters. The van der Waals surface area contributed by atoms with Crippen LogP contribution in [0.1, 0.15) is 23.2 Å². The molecule has 0 fully saturated rings. The summed E-state index contributed by atoms with van der Waals surface area (Å²) in [6, 6.07) is 3.62. The van der Waals surface area contributed by atoms with Gasteiger partial charge in [0.2, 0.25) is 0 Å². The quantitative estimate of drug-likeness (QED) is 0.628. The summed E-state index contributed by atoms with van der Waals surface area (Å²) in [5, 5.41) is 3.12. The Balaban J connectivity index is 2.46. The van der Waals surface area contributed by atoms with E-state index >= 15 is 0 Å². The molecule has 1 aromatic rings. The van der Waals surface area contributed by atoms with E-state index in [4.69, 9.17) is 0 Å². The van der Waals surface area contributed by atoms with Gasteiger partial charge in [-0.1, -0.05) is 0 Å². The lowest BCUT2D eigenvalue weighted by Crippen LogP contribution is -2.02. The number of pyridine rings is 1. The molecule has 2 rings (SSSR count). The Kier molecular flexibility index (Phi) is 1.78. The molecule has 0 bridgehead atoms. The van der Waals surface area contributed by atoms with Crippen molar-refractivity contribution in [1.29, 1.82) is 0 Å². The molecule has 0 aromatic carbocycles. The first-order valence-corrected chi connectivity index (χ1v) is 4.10. The Morgan fingerprint density at radius 3 is 3.33 bits per heavy atom. The molecule has 62 valence electrons. The van der Waals surface area contributed by atoms with Gasteiger partial charge in [-0.25, -0.2) is 4.98 Å². The highest BCUT2D eigenvalue weighted by molar-refractivity contribution is 6.00. The molecule has 12 heavy (non-hydrogen) atoms. The van der Waals surface area contributed by atoms with Crippen molar-refractivity contribution in [2.75, 3.05) is 11.9 Å². The average molecular weight is 162 g/mol. The minimum Gasteiger partial charge on any atom is -0.369 e. The van der Waals surface area contributed by atoms with E-state index in [2.05, 4.69) is 10.3 Å². The van der Waals surface area contributed by atoms with E-state index in [1.165, 1.54) is 0 Å². The molecule has 3 nitrogen and oxygen atoms in total. The molecule has 3 heteroatoms. The Labute approximate surface area is 70.8 Å². The van der Waals surface area contributed by atoms with E-state index in [1.807, 2.05) is 6.07 Å². The fraction of sp³-hybridized carbons (Fsp3) is 0.333. The van der Waals surface area contributed by atoms with Gasteiger partial charge in [-0.05, 0) is 18.6 Å². The van der Waals surface area contributed by atoms with Crippen LogP contribution >= 0.6 is 0 Å². The molecular formula is C9H10N2O. The second-order valence-electron chi connectivity index (χ2n) is 2.85. The highest BCUT2D eigenvalue weighted by atomic mass is 16.1. The van der Waals surface area contributed by atoms with Crippen LogP contribution < -0.4 is 5.32 Å². The minimum absolute atomic E-state index is 0.197. The largest absolute Gasteiger partial charge is 0.369 e. The molecule has 1 N–H and O–H groups in total. The number of rotatable bonds is 0. The molecule has 2 heterocycles. The van der Waals surface area contributed by atoms with E-state index in [1.54, 1.807) is 12.3 Å². The van der Waals surface area contributed by atoms with Crippen molar-refractivity contribution >= 4 is 11.6 Å². The van der Waals surface area contributed by atoms with Gasteiger partial charge in [0, 0.05) is 19.2 Å². The van der Waals surface area contributed by atoms with Crippen LogP contribution in [-0.2, 0) is 0 Å². The molecule has 0 aliphatic carbocycles. The topological polar surface area (TPSA) is 42.0 Å². The van der Waals surface area contributed by atoms with Gasteiger partial charge in [-0.3, -0.25) is 4.79 Å². The number of fused-ring (bicyclic) bond motifs is 1. The molecule has 0 atom stereocenters. The second-order valence-corrected chi connectivity index (χ2v) is 2.85. The molecule has 0 radical (unpaired) electrons. The van der Waals surface area contributed by atoms with Crippen molar-refractivity contribution in [1.82, 2.24) is 4.98 Å². The molecule has 0 spiro atoms. The highest BCUT2D eigenvalue weighted by Crippen LogP contribution is 2.17. The maximum Gasteiger partial charge on any atom is 0.166 e. The van der Waals surface area contributed by atoms with Gasteiger partial charge >= 0.3 is 0 Å². The van der Waals surface area contributed by atoms with Gasteiger partial charge in [-0.15, -0.1) is 0 Å². The summed E-state index contributed by atoms with van der Waals surface area (Å²) < 4.78 is 0. The molecule has 0 saturated carbocycles. The van der Waals surface area contributed by atoms with Gasteiger partial charge in [0.15, 0.2) is 5.78 Å². The zero-order valence-electron chi connectivity index (χ0n) is 6.71. The summed E-state index contributed by atoms with van der Waals surface area (Å²) in [6.07, 6.45) is 3.23. The Hall–Kier alpha value is -1.38. The molecule has 1 aromatic heterocycles. The van der Waals surface area contributed by atoms with Crippen molar-refractivity contribution in [2.45, 2.75) is 12.8 Å².